The lowest BCUT2D eigenvalue weighted by atomic mass is 10.0. The summed E-state index contributed by atoms with van der Waals surface area (Å²) in [4.78, 5) is 16.4. The van der Waals surface area contributed by atoms with E-state index in [4.69, 9.17) is 5.14 Å². The van der Waals surface area contributed by atoms with E-state index in [2.05, 4.69) is 14.7 Å². The molecular formula is C18H21F3N4O3S2. The number of pyridine rings is 1. The van der Waals surface area contributed by atoms with Gasteiger partial charge in [0.2, 0.25) is 0 Å². The van der Waals surface area contributed by atoms with Crippen LogP contribution in [0.5, 0.6) is 0 Å². The first-order valence-corrected chi connectivity index (χ1v) is 11.5. The quantitative estimate of drug-likeness (QED) is 0.639. The molecule has 0 fully saturated rings. The topological polar surface area (TPSA) is 118 Å². The van der Waals surface area contributed by atoms with Gasteiger partial charge in [0.25, 0.3) is 0 Å². The molecule has 1 aliphatic carbocycles. The fourth-order valence-electron chi connectivity index (χ4n) is 3.11. The molecule has 1 atom stereocenters. The predicted octanol–water partition coefficient (Wildman–Crippen LogP) is 3.90. The predicted molar refractivity (Wildman–Crippen MR) is 108 cm³/mol. The van der Waals surface area contributed by atoms with Crippen molar-refractivity contribution in [2.24, 2.45) is 9.50 Å². The van der Waals surface area contributed by atoms with Crippen LogP contribution in [0.2, 0.25) is 0 Å². The molecule has 0 saturated carbocycles. The summed E-state index contributed by atoms with van der Waals surface area (Å²) in [6, 6.07) is 1.55. The van der Waals surface area contributed by atoms with E-state index in [0.717, 1.165) is 11.3 Å². The van der Waals surface area contributed by atoms with Crippen molar-refractivity contribution in [2.75, 3.05) is 5.32 Å². The van der Waals surface area contributed by atoms with Crippen LogP contribution in [0.4, 0.5) is 23.7 Å². The second kappa shape index (κ2) is 7.91. The third-order valence-electron chi connectivity index (χ3n) is 4.52. The van der Waals surface area contributed by atoms with Gasteiger partial charge in [-0.25, -0.2) is 14.1 Å². The van der Waals surface area contributed by atoms with E-state index in [1.807, 2.05) is 0 Å². The highest BCUT2D eigenvalue weighted by molar-refractivity contribution is 7.93. The van der Waals surface area contributed by atoms with Gasteiger partial charge >= 0.3 is 12.2 Å². The number of aliphatic hydroxyl groups is 1. The second-order valence-corrected chi connectivity index (χ2v) is 10.5. The van der Waals surface area contributed by atoms with Crippen LogP contribution >= 0.6 is 11.3 Å². The fraction of sp³-hybridized carbons (Fsp3) is 0.444. The average molecular weight is 463 g/mol. The van der Waals surface area contributed by atoms with Crippen molar-refractivity contribution in [3.8, 4) is 0 Å². The Morgan fingerprint density at radius 1 is 1.37 bits per heavy atom. The maximum atomic E-state index is 12.8. The largest absolute Gasteiger partial charge is 0.394 e. The Labute approximate surface area is 175 Å². The summed E-state index contributed by atoms with van der Waals surface area (Å²) in [5, 5.41) is 19.7. The zero-order valence-corrected chi connectivity index (χ0v) is 17.9. The lowest BCUT2D eigenvalue weighted by molar-refractivity contribution is -0.127. The number of nitrogens with zero attached hydrogens (tertiary/aromatic N) is 2. The maximum Gasteiger partial charge on any atom is 0.394 e. The molecule has 3 rings (SSSR count). The number of fused-ring (bicyclic) bond motifs is 1. The van der Waals surface area contributed by atoms with Crippen LogP contribution in [0.1, 0.15) is 42.8 Å². The monoisotopic (exact) mass is 462 g/mol. The number of hydrogen-bond donors (Lipinski definition) is 3. The lowest BCUT2D eigenvalue weighted by Crippen LogP contribution is -2.19. The minimum atomic E-state index is -4.44. The molecule has 0 radical (unpaired) electrons. The molecule has 4 N–H and O–H groups in total. The van der Waals surface area contributed by atoms with Crippen molar-refractivity contribution in [1.29, 1.82) is 0 Å². The van der Waals surface area contributed by atoms with Crippen LogP contribution in [-0.2, 0) is 34.8 Å². The summed E-state index contributed by atoms with van der Waals surface area (Å²) >= 11 is 0.991. The number of urea groups is 1. The van der Waals surface area contributed by atoms with Crippen molar-refractivity contribution in [3.63, 3.8) is 0 Å². The molecule has 0 aliphatic heterocycles. The highest BCUT2D eigenvalue weighted by Gasteiger charge is 2.30. The zero-order chi connectivity index (χ0) is 22.3. The van der Waals surface area contributed by atoms with Crippen molar-refractivity contribution >= 4 is 33.0 Å². The highest BCUT2D eigenvalue weighted by Crippen LogP contribution is 2.31. The van der Waals surface area contributed by atoms with E-state index in [1.165, 1.54) is 12.1 Å². The van der Waals surface area contributed by atoms with Crippen LogP contribution < -0.4 is 10.5 Å². The third-order valence-corrected chi connectivity index (χ3v) is 7.37. The number of nitrogens with two attached hydrogens (primary N) is 1. The molecule has 2 amide bonds. The van der Waals surface area contributed by atoms with Gasteiger partial charge in [-0.15, -0.1) is 15.7 Å². The van der Waals surface area contributed by atoms with Crippen LogP contribution in [0, 0.1) is 0 Å². The van der Waals surface area contributed by atoms with Crippen LogP contribution in [0.3, 0.4) is 0 Å². The molecule has 1 aliphatic rings. The van der Waals surface area contributed by atoms with Gasteiger partial charge in [0.05, 0.1) is 17.7 Å². The smallest absolute Gasteiger partial charge is 0.386 e. The summed E-state index contributed by atoms with van der Waals surface area (Å²) in [6.45, 7) is 3.09. The Hall–Kier alpha value is -2.02. The number of anilines is 1. The standard InChI is InChI=1S/C18H21F3N4O3S2/c1-17(2,27)10-6-15(29-9-10)30(22,28)25-16(26)24-14-7-11(8-18(19,20)21)23-13-5-3-4-12(13)14/h6-7,9,27H,3-5,8H2,1-2H3,(H3,22,23,24,25,26,28)/t30-/m1/s1. The van der Waals surface area contributed by atoms with Gasteiger partial charge in [-0.3, -0.25) is 4.98 Å². The molecule has 0 saturated heterocycles. The van der Waals surface area contributed by atoms with E-state index < -0.39 is 34.1 Å². The molecule has 2 heterocycles. The van der Waals surface area contributed by atoms with Gasteiger partial charge in [0.15, 0.2) is 9.92 Å². The molecule has 30 heavy (non-hydrogen) atoms. The molecule has 0 unspecified atom stereocenters. The number of alkyl halides is 3. The number of amides is 2. The average Bonchev–Trinajstić information content (AvgIpc) is 3.21. The number of aryl methyl sites for hydroxylation is 1. The van der Waals surface area contributed by atoms with Gasteiger partial charge in [-0.1, -0.05) is 0 Å². The SMILES string of the molecule is CC(C)(O)c1csc([S@](N)(=O)=NC(=O)Nc2cc(CC(F)(F)F)nc3c2CCC3)c1. The molecule has 0 bridgehead atoms. The first-order chi connectivity index (χ1) is 13.7. The molecule has 0 spiro atoms. The zero-order valence-electron chi connectivity index (χ0n) is 16.2. The van der Waals surface area contributed by atoms with Crippen molar-refractivity contribution in [2.45, 2.75) is 55.5 Å². The number of halogens is 3. The number of aromatic nitrogens is 1. The summed E-state index contributed by atoms with van der Waals surface area (Å²) < 4.78 is 54.7. The molecule has 12 heteroatoms. The summed E-state index contributed by atoms with van der Waals surface area (Å²) in [5.41, 5.74) is 0.407. The number of carbonyl (C=O) groups excluding carboxylic acids is 1. The van der Waals surface area contributed by atoms with Crippen LogP contribution in [-0.4, -0.2) is 26.5 Å². The Bertz CT molecular complexity index is 1100. The molecular weight excluding hydrogens is 441 g/mol. The summed E-state index contributed by atoms with van der Waals surface area (Å²) in [6.07, 6.45) is -3.87. The van der Waals surface area contributed by atoms with Crippen molar-refractivity contribution in [3.05, 3.63) is 40.0 Å². The molecule has 0 aromatic carbocycles. The Balaban J connectivity index is 1.88. The fourth-order valence-corrected chi connectivity index (χ4v) is 5.39. The number of nitrogens with one attached hydrogen (secondary N) is 1. The van der Waals surface area contributed by atoms with E-state index in [0.29, 0.717) is 36.1 Å². The van der Waals surface area contributed by atoms with Crippen LogP contribution in [0.15, 0.2) is 26.1 Å². The van der Waals surface area contributed by atoms with Crippen LogP contribution in [0.25, 0.3) is 0 Å². The van der Waals surface area contributed by atoms with Crippen molar-refractivity contribution in [1.82, 2.24) is 4.98 Å². The first kappa shape index (κ1) is 22.7. The third kappa shape index (κ3) is 5.36. The number of rotatable bonds is 4. The maximum absolute atomic E-state index is 12.8. The number of thiophene rings is 1. The minimum absolute atomic E-state index is 0.104. The molecule has 164 valence electrons. The molecule has 2 aromatic heterocycles. The number of carbonyl (C=O) groups is 1. The highest BCUT2D eigenvalue weighted by atomic mass is 32.2. The Morgan fingerprint density at radius 3 is 2.67 bits per heavy atom. The van der Waals surface area contributed by atoms with E-state index in [-0.39, 0.29) is 15.6 Å². The Kier molecular flexibility index (Phi) is 5.98. The van der Waals surface area contributed by atoms with E-state index >= 15 is 0 Å². The minimum Gasteiger partial charge on any atom is -0.386 e. The first-order valence-electron chi connectivity index (χ1n) is 9.00. The molecule has 2 aromatic rings. The van der Waals surface area contributed by atoms with Gasteiger partial charge in [-0.2, -0.15) is 13.2 Å². The number of hydrogen-bond acceptors (Lipinski definition) is 5. The second-order valence-electron chi connectivity index (χ2n) is 7.54. The van der Waals surface area contributed by atoms with E-state index in [9.17, 15) is 27.3 Å². The van der Waals surface area contributed by atoms with E-state index in [1.54, 1.807) is 19.2 Å². The van der Waals surface area contributed by atoms with Gasteiger partial charge < -0.3 is 10.4 Å². The lowest BCUT2D eigenvalue weighted by Gasteiger charge is -2.14. The van der Waals surface area contributed by atoms with Crippen molar-refractivity contribution < 1.29 is 27.3 Å². The Morgan fingerprint density at radius 2 is 2.07 bits per heavy atom. The normalized spacial score (nSPS) is 16.1. The summed E-state index contributed by atoms with van der Waals surface area (Å²) in [5.74, 6) is 0. The van der Waals surface area contributed by atoms with Gasteiger partial charge in [-0.05, 0) is 61.7 Å². The van der Waals surface area contributed by atoms with Gasteiger partial charge in [0.1, 0.15) is 4.21 Å². The molecule has 7 nitrogen and oxygen atoms in total. The summed E-state index contributed by atoms with van der Waals surface area (Å²) in [7, 11) is -3.60. The van der Waals surface area contributed by atoms with Gasteiger partial charge in [0, 0.05) is 11.4 Å².